The third-order valence-electron chi connectivity index (χ3n) is 3.74. The van der Waals surface area contributed by atoms with Gasteiger partial charge in [-0.2, -0.15) is 0 Å². The molecule has 2 aromatic rings. The number of carbonyl (C=O) groups excluding carboxylic acids is 3. The lowest BCUT2D eigenvalue weighted by Crippen LogP contribution is -2.32. The maximum atomic E-state index is 12.1. The van der Waals surface area contributed by atoms with Crippen LogP contribution in [-0.4, -0.2) is 30.9 Å². The van der Waals surface area contributed by atoms with Gasteiger partial charge in [0.2, 0.25) is 11.8 Å². The number of hydrogen-bond donors (Lipinski definition) is 1. The number of nitrogens with one attached hydrogen (secondary N) is 1. The number of benzene rings is 2. The highest BCUT2D eigenvalue weighted by Crippen LogP contribution is 2.18. The second kappa shape index (κ2) is 9.73. The number of esters is 1. The lowest BCUT2D eigenvalue weighted by atomic mass is 10.2. The average molecular weight is 389 g/mol. The number of hydrogen-bond acceptors (Lipinski definition) is 4. The van der Waals surface area contributed by atoms with E-state index in [0.717, 1.165) is 0 Å². The number of nitrogens with zero attached hydrogens (tertiary/aromatic N) is 1. The van der Waals surface area contributed by atoms with Gasteiger partial charge in [-0.25, -0.2) is 4.79 Å². The predicted octanol–water partition coefficient (Wildman–Crippen LogP) is 3.90. The van der Waals surface area contributed by atoms with E-state index >= 15 is 0 Å². The summed E-state index contributed by atoms with van der Waals surface area (Å²) in [4.78, 5) is 37.3. The molecular formula is C20H21ClN2O4. The number of amides is 2. The Balaban J connectivity index is 1.99. The van der Waals surface area contributed by atoms with Gasteiger partial charge in [0.15, 0.2) is 0 Å². The van der Waals surface area contributed by atoms with E-state index < -0.39 is 5.97 Å². The molecule has 0 heterocycles. The molecule has 2 amide bonds. The van der Waals surface area contributed by atoms with Crippen LogP contribution in [0.2, 0.25) is 5.02 Å². The van der Waals surface area contributed by atoms with Crippen LogP contribution in [0.15, 0.2) is 48.5 Å². The second-order valence-electron chi connectivity index (χ2n) is 5.75. The minimum Gasteiger partial charge on any atom is -0.462 e. The number of halogens is 1. The zero-order chi connectivity index (χ0) is 19.8. The van der Waals surface area contributed by atoms with Crippen molar-refractivity contribution in [3.63, 3.8) is 0 Å². The van der Waals surface area contributed by atoms with Crippen LogP contribution in [0.3, 0.4) is 0 Å². The number of ether oxygens (including phenoxy) is 1. The Kier molecular flexibility index (Phi) is 7.37. The lowest BCUT2D eigenvalue weighted by Gasteiger charge is -2.21. The van der Waals surface area contributed by atoms with Gasteiger partial charge in [-0.3, -0.25) is 9.59 Å². The molecule has 0 saturated heterocycles. The van der Waals surface area contributed by atoms with Crippen LogP contribution in [0.1, 0.15) is 30.6 Å². The molecule has 0 aliphatic carbocycles. The molecule has 7 heteroatoms. The van der Waals surface area contributed by atoms with Gasteiger partial charge in [0.1, 0.15) is 0 Å². The maximum Gasteiger partial charge on any atom is 0.338 e. The molecule has 2 rings (SSSR count). The summed E-state index contributed by atoms with van der Waals surface area (Å²) in [6.45, 7) is 3.66. The first-order valence-corrected chi connectivity index (χ1v) is 8.89. The molecule has 2 aromatic carbocycles. The molecule has 1 N–H and O–H groups in total. The third kappa shape index (κ3) is 6.11. The first kappa shape index (κ1) is 20.5. The zero-order valence-electron chi connectivity index (χ0n) is 15.2. The van der Waals surface area contributed by atoms with Gasteiger partial charge in [0.05, 0.1) is 12.2 Å². The van der Waals surface area contributed by atoms with Crippen molar-refractivity contribution in [2.45, 2.75) is 20.3 Å². The van der Waals surface area contributed by atoms with Crippen molar-refractivity contribution in [2.75, 3.05) is 23.4 Å². The minimum atomic E-state index is -0.417. The summed E-state index contributed by atoms with van der Waals surface area (Å²) >= 11 is 5.90. The Morgan fingerprint density at radius 3 is 2.41 bits per heavy atom. The molecule has 0 atom stereocenters. The van der Waals surface area contributed by atoms with E-state index in [1.165, 1.54) is 11.8 Å². The van der Waals surface area contributed by atoms with Gasteiger partial charge in [-0.05, 0) is 49.4 Å². The molecule has 6 nitrogen and oxygen atoms in total. The largest absolute Gasteiger partial charge is 0.462 e. The van der Waals surface area contributed by atoms with Crippen molar-refractivity contribution in [3.8, 4) is 0 Å². The summed E-state index contributed by atoms with van der Waals surface area (Å²) in [6.07, 6.45) is 0.117. The molecular weight excluding hydrogens is 368 g/mol. The highest BCUT2D eigenvalue weighted by Gasteiger charge is 2.15. The van der Waals surface area contributed by atoms with Crippen LogP contribution in [0.5, 0.6) is 0 Å². The van der Waals surface area contributed by atoms with Crippen molar-refractivity contribution >= 4 is 40.8 Å². The first-order valence-electron chi connectivity index (χ1n) is 8.51. The Labute approximate surface area is 163 Å². The number of carbonyl (C=O) groups is 3. The highest BCUT2D eigenvalue weighted by atomic mass is 35.5. The molecule has 27 heavy (non-hydrogen) atoms. The van der Waals surface area contributed by atoms with Crippen molar-refractivity contribution in [2.24, 2.45) is 0 Å². The fraction of sp³-hybridized carbons (Fsp3) is 0.250. The normalized spacial score (nSPS) is 10.2. The molecule has 0 aliphatic rings. The molecule has 0 radical (unpaired) electrons. The van der Waals surface area contributed by atoms with Gasteiger partial charge >= 0.3 is 5.97 Å². The zero-order valence-corrected chi connectivity index (χ0v) is 16.0. The van der Waals surface area contributed by atoms with Gasteiger partial charge in [-0.15, -0.1) is 0 Å². The van der Waals surface area contributed by atoms with Crippen molar-refractivity contribution < 1.29 is 19.1 Å². The Bertz CT molecular complexity index is 821. The maximum absolute atomic E-state index is 12.1. The topological polar surface area (TPSA) is 75.7 Å². The van der Waals surface area contributed by atoms with E-state index in [4.69, 9.17) is 16.3 Å². The highest BCUT2D eigenvalue weighted by molar-refractivity contribution is 6.30. The average Bonchev–Trinajstić information content (AvgIpc) is 2.62. The summed E-state index contributed by atoms with van der Waals surface area (Å²) in [5.74, 6) is -0.847. The molecule has 0 spiro atoms. The monoisotopic (exact) mass is 388 g/mol. The fourth-order valence-corrected chi connectivity index (χ4v) is 2.65. The molecule has 0 unspecified atom stereocenters. The third-order valence-corrected chi connectivity index (χ3v) is 3.98. The van der Waals surface area contributed by atoms with Gasteiger partial charge in [0, 0.05) is 36.3 Å². The smallest absolute Gasteiger partial charge is 0.338 e. The van der Waals surface area contributed by atoms with Crippen LogP contribution in [-0.2, 0) is 14.3 Å². The first-order chi connectivity index (χ1) is 12.9. The van der Waals surface area contributed by atoms with Crippen LogP contribution in [0.4, 0.5) is 11.4 Å². The van der Waals surface area contributed by atoms with E-state index in [9.17, 15) is 14.4 Å². The van der Waals surface area contributed by atoms with Crippen molar-refractivity contribution in [1.82, 2.24) is 0 Å². The Morgan fingerprint density at radius 1 is 1.11 bits per heavy atom. The summed E-state index contributed by atoms with van der Waals surface area (Å²) in [5, 5.41) is 3.27. The Hall–Kier alpha value is -2.86. The van der Waals surface area contributed by atoms with Crippen LogP contribution < -0.4 is 10.2 Å². The molecule has 0 saturated carbocycles. The van der Waals surface area contributed by atoms with Crippen LogP contribution in [0, 0.1) is 0 Å². The lowest BCUT2D eigenvalue weighted by molar-refractivity contribution is -0.117. The molecule has 142 valence electrons. The Morgan fingerprint density at radius 2 is 1.81 bits per heavy atom. The van der Waals surface area contributed by atoms with Gasteiger partial charge < -0.3 is 15.0 Å². The molecule has 0 aromatic heterocycles. The van der Waals surface area contributed by atoms with Crippen molar-refractivity contribution in [1.29, 1.82) is 0 Å². The van der Waals surface area contributed by atoms with E-state index in [1.807, 2.05) is 0 Å². The SMILES string of the molecule is CCOC(=O)c1ccc(N(CCC(=O)Nc2cccc(Cl)c2)C(C)=O)cc1. The minimum absolute atomic E-state index is 0.117. The number of rotatable bonds is 7. The number of anilines is 2. The van der Waals surface area contributed by atoms with E-state index in [1.54, 1.807) is 55.5 Å². The molecule has 0 fully saturated rings. The quantitative estimate of drug-likeness (QED) is 0.730. The summed E-state index contributed by atoms with van der Waals surface area (Å²) in [7, 11) is 0. The van der Waals surface area contributed by atoms with Gasteiger partial charge in [0.25, 0.3) is 0 Å². The van der Waals surface area contributed by atoms with Gasteiger partial charge in [-0.1, -0.05) is 17.7 Å². The fourth-order valence-electron chi connectivity index (χ4n) is 2.46. The molecule has 0 aliphatic heterocycles. The van der Waals surface area contributed by atoms with Crippen LogP contribution >= 0.6 is 11.6 Å². The second-order valence-corrected chi connectivity index (χ2v) is 6.18. The summed E-state index contributed by atoms with van der Waals surface area (Å²) in [6, 6.07) is 13.3. The summed E-state index contributed by atoms with van der Waals surface area (Å²) < 4.78 is 4.94. The van der Waals surface area contributed by atoms with E-state index in [-0.39, 0.29) is 24.8 Å². The predicted molar refractivity (Wildman–Crippen MR) is 105 cm³/mol. The van der Waals surface area contributed by atoms with E-state index in [2.05, 4.69) is 5.32 Å². The van der Waals surface area contributed by atoms with E-state index in [0.29, 0.717) is 28.6 Å². The standard InChI is InChI=1S/C20H21ClN2O4/c1-3-27-20(26)15-7-9-18(10-8-15)23(14(2)24)12-11-19(25)22-17-6-4-5-16(21)13-17/h4-10,13H,3,11-12H2,1-2H3,(H,22,25). The molecule has 0 bridgehead atoms. The summed E-state index contributed by atoms with van der Waals surface area (Å²) in [5.41, 5.74) is 1.61. The van der Waals surface area contributed by atoms with Crippen LogP contribution in [0.25, 0.3) is 0 Å². The van der Waals surface area contributed by atoms with Crippen molar-refractivity contribution in [3.05, 3.63) is 59.1 Å².